The Labute approximate surface area is 185 Å². The molecular weight excluding hydrogens is 408 g/mol. The molecule has 0 unspecified atom stereocenters. The molecule has 0 spiro atoms. The Hall–Kier alpha value is -2.81. The van der Waals surface area contributed by atoms with Crippen molar-refractivity contribution < 1.29 is 5.11 Å². The second-order valence-electron chi connectivity index (χ2n) is 8.59. The van der Waals surface area contributed by atoms with Crippen LogP contribution in [0, 0.1) is 0 Å². The van der Waals surface area contributed by atoms with Gasteiger partial charge in [0.1, 0.15) is 11.5 Å². The van der Waals surface area contributed by atoms with Crippen LogP contribution in [0.2, 0.25) is 0 Å². The van der Waals surface area contributed by atoms with Gasteiger partial charge in [-0.25, -0.2) is 9.50 Å². The number of aromatic nitrogens is 4. The van der Waals surface area contributed by atoms with Crippen molar-refractivity contribution in [2.75, 3.05) is 37.6 Å². The summed E-state index contributed by atoms with van der Waals surface area (Å²) >= 11 is 1.67. The van der Waals surface area contributed by atoms with Crippen LogP contribution >= 0.6 is 11.3 Å². The number of nitrogens with zero attached hydrogens (tertiary/aromatic N) is 6. The van der Waals surface area contributed by atoms with Gasteiger partial charge in [0.15, 0.2) is 5.65 Å². The predicted molar refractivity (Wildman–Crippen MR) is 124 cm³/mol. The Balaban J connectivity index is 1.50. The van der Waals surface area contributed by atoms with Crippen LogP contribution in [0.15, 0.2) is 53.5 Å². The minimum Gasteiger partial charge on any atom is -0.389 e. The fourth-order valence-electron chi connectivity index (χ4n) is 4.14. The normalized spacial score (nSPS) is 15.6. The molecule has 1 fully saturated rings. The molecule has 31 heavy (non-hydrogen) atoms. The van der Waals surface area contributed by atoms with Gasteiger partial charge in [-0.05, 0) is 49.6 Å². The number of β-amino-alcohol motifs (C(OH)–C–C–N with tert-alkyl or cyclic N) is 1. The molecule has 4 aromatic heterocycles. The molecule has 0 saturated carbocycles. The number of rotatable bonds is 5. The summed E-state index contributed by atoms with van der Waals surface area (Å²) in [6.45, 7) is 7.98. The second kappa shape index (κ2) is 8.03. The van der Waals surface area contributed by atoms with E-state index in [2.05, 4.69) is 37.7 Å². The first-order chi connectivity index (χ1) is 15.0. The molecule has 0 atom stereocenters. The van der Waals surface area contributed by atoms with E-state index < -0.39 is 5.60 Å². The van der Waals surface area contributed by atoms with Crippen molar-refractivity contribution in [1.29, 1.82) is 0 Å². The van der Waals surface area contributed by atoms with Crippen LogP contribution in [-0.4, -0.2) is 67.9 Å². The smallest absolute Gasteiger partial charge is 0.155 e. The highest BCUT2D eigenvalue weighted by Gasteiger charge is 2.24. The highest BCUT2D eigenvalue weighted by molar-refractivity contribution is 7.08. The summed E-state index contributed by atoms with van der Waals surface area (Å²) in [5.41, 5.74) is 4.23. The number of aliphatic hydroxyl groups is 1. The minimum absolute atomic E-state index is 0.673. The van der Waals surface area contributed by atoms with Crippen molar-refractivity contribution in [2.45, 2.75) is 19.4 Å². The zero-order chi connectivity index (χ0) is 21.4. The molecule has 1 aliphatic heterocycles. The molecule has 1 aliphatic rings. The van der Waals surface area contributed by atoms with Gasteiger partial charge in [-0.3, -0.25) is 9.88 Å². The van der Waals surface area contributed by atoms with Gasteiger partial charge < -0.3 is 10.0 Å². The minimum atomic E-state index is -0.673. The summed E-state index contributed by atoms with van der Waals surface area (Å²) < 4.78 is 1.96. The number of imidazole rings is 1. The summed E-state index contributed by atoms with van der Waals surface area (Å²) in [6.07, 6.45) is 3.61. The van der Waals surface area contributed by atoms with Gasteiger partial charge in [-0.15, -0.1) is 5.10 Å². The quantitative estimate of drug-likeness (QED) is 0.519. The highest BCUT2D eigenvalue weighted by atomic mass is 32.1. The van der Waals surface area contributed by atoms with Crippen molar-refractivity contribution in [2.24, 2.45) is 0 Å². The largest absolute Gasteiger partial charge is 0.389 e. The van der Waals surface area contributed by atoms with Gasteiger partial charge in [0.2, 0.25) is 0 Å². The molecule has 0 amide bonds. The van der Waals surface area contributed by atoms with Crippen molar-refractivity contribution >= 4 is 22.8 Å². The van der Waals surface area contributed by atoms with E-state index >= 15 is 0 Å². The summed E-state index contributed by atoms with van der Waals surface area (Å²) in [6, 6.07) is 10.2. The molecule has 0 aliphatic carbocycles. The first-order valence-electron chi connectivity index (χ1n) is 10.5. The van der Waals surface area contributed by atoms with Crippen LogP contribution in [0.25, 0.3) is 28.2 Å². The van der Waals surface area contributed by atoms with Gasteiger partial charge in [0.05, 0.1) is 11.3 Å². The van der Waals surface area contributed by atoms with Gasteiger partial charge in [0, 0.05) is 61.6 Å². The summed E-state index contributed by atoms with van der Waals surface area (Å²) in [4.78, 5) is 13.7. The fraction of sp³-hybridized carbons (Fsp3) is 0.348. The third-order valence-corrected chi connectivity index (χ3v) is 6.20. The predicted octanol–water partition coefficient (Wildman–Crippen LogP) is 3.41. The Kier molecular flexibility index (Phi) is 5.21. The number of pyridine rings is 1. The number of thiophene rings is 1. The maximum absolute atomic E-state index is 10.1. The van der Waals surface area contributed by atoms with Crippen LogP contribution < -0.4 is 4.90 Å². The molecular formula is C23H26N6OS. The first-order valence-corrected chi connectivity index (χ1v) is 11.4. The van der Waals surface area contributed by atoms with Gasteiger partial charge >= 0.3 is 0 Å². The third-order valence-electron chi connectivity index (χ3n) is 5.52. The molecule has 0 aromatic carbocycles. The van der Waals surface area contributed by atoms with E-state index in [0.717, 1.165) is 60.2 Å². The fourth-order valence-corrected chi connectivity index (χ4v) is 4.78. The average molecular weight is 435 g/mol. The van der Waals surface area contributed by atoms with E-state index in [1.165, 1.54) is 0 Å². The number of hydrogen-bond acceptors (Lipinski definition) is 7. The van der Waals surface area contributed by atoms with E-state index in [9.17, 15) is 5.11 Å². The summed E-state index contributed by atoms with van der Waals surface area (Å²) in [5.74, 6) is 0.944. The molecule has 160 valence electrons. The first kappa shape index (κ1) is 20.1. The standard InChI is InChI=1S/C23H26N6OS/c1-23(2,30)16-27-10-12-28(13-11-27)20-4-3-19-25-21(18-7-14-31-15-18)22(29(19)26-20)17-5-8-24-9-6-17/h3-9,14-15,30H,10-13,16H2,1-2H3. The average Bonchev–Trinajstić information content (AvgIpc) is 3.41. The Morgan fingerprint density at radius 3 is 2.45 bits per heavy atom. The topological polar surface area (TPSA) is 69.8 Å². The van der Waals surface area contributed by atoms with Crippen LogP contribution in [0.3, 0.4) is 0 Å². The van der Waals surface area contributed by atoms with Crippen LogP contribution in [0.4, 0.5) is 5.82 Å². The van der Waals surface area contributed by atoms with Crippen LogP contribution in [-0.2, 0) is 0 Å². The van der Waals surface area contributed by atoms with Crippen LogP contribution in [0.5, 0.6) is 0 Å². The highest BCUT2D eigenvalue weighted by Crippen LogP contribution is 2.33. The SMILES string of the molecule is CC(C)(O)CN1CCN(c2ccc3nc(-c4ccsc4)c(-c4ccncc4)n3n2)CC1. The maximum atomic E-state index is 10.1. The van der Waals surface area contributed by atoms with E-state index in [1.54, 1.807) is 23.7 Å². The molecule has 5 heterocycles. The van der Waals surface area contributed by atoms with E-state index in [-0.39, 0.29) is 0 Å². The summed E-state index contributed by atoms with van der Waals surface area (Å²) in [5, 5.41) is 19.3. The van der Waals surface area contributed by atoms with Crippen molar-refractivity contribution in [3.8, 4) is 22.5 Å². The number of piperazine rings is 1. The number of hydrogen-bond donors (Lipinski definition) is 1. The van der Waals surface area contributed by atoms with Gasteiger partial charge in [0.25, 0.3) is 0 Å². The number of fused-ring (bicyclic) bond motifs is 1. The third kappa shape index (κ3) is 4.19. The molecule has 5 rings (SSSR count). The van der Waals surface area contributed by atoms with E-state index in [0.29, 0.717) is 6.54 Å². The van der Waals surface area contributed by atoms with E-state index in [4.69, 9.17) is 10.1 Å². The zero-order valence-corrected chi connectivity index (χ0v) is 18.6. The Morgan fingerprint density at radius 1 is 1.00 bits per heavy atom. The van der Waals surface area contributed by atoms with E-state index in [1.807, 2.05) is 36.6 Å². The molecule has 1 N–H and O–H groups in total. The van der Waals surface area contributed by atoms with Crippen LogP contribution in [0.1, 0.15) is 13.8 Å². The molecule has 1 saturated heterocycles. The zero-order valence-electron chi connectivity index (χ0n) is 17.8. The summed E-state index contributed by atoms with van der Waals surface area (Å²) in [7, 11) is 0. The van der Waals surface area contributed by atoms with Gasteiger partial charge in [-0.1, -0.05) is 0 Å². The van der Waals surface area contributed by atoms with Crippen molar-refractivity contribution in [3.05, 3.63) is 53.5 Å². The molecule has 0 radical (unpaired) electrons. The second-order valence-corrected chi connectivity index (χ2v) is 9.37. The molecule has 4 aromatic rings. The van der Waals surface area contributed by atoms with Crippen molar-refractivity contribution in [1.82, 2.24) is 24.5 Å². The maximum Gasteiger partial charge on any atom is 0.155 e. The van der Waals surface area contributed by atoms with Gasteiger partial charge in [-0.2, -0.15) is 11.3 Å². The Morgan fingerprint density at radius 2 is 1.77 bits per heavy atom. The Bertz CT molecular complexity index is 1160. The molecule has 7 nitrogen and oxygen atoms in total. The lowest BCUT2D eigenvalue weighted by molar-refractivity contribution is 0.0344. The monoisotopic (exact) mass is 434 g/mol. The molecule has 8 heteroatoms. The lowest BCUT2D eigenvalue weighted by Crippen LogP contribution is -2.50. The number of anilines is 1. The molecule has 0 bridgehead atoms. The lowest BCUT2D eigenvalue weighted by Gasteiger charge is -2.37. The van der Waals surface area contributed by atoms with Crippen molar-refractivity contribution in [3.63, 3.8) is 0 Å². The lowest BCUT2D eigenvalue weighted by atomic mass is 10.1.